The molecule has 0 saturated carbocycles. The summed E-state index contributed by atoms with van der Waals surface area (Å²) < 4.78 is 1.12. The molecule has 0 fully saturated rings. The molecule has 0 radical (unpaired) electrons. The molecule has 1 aliphatic rings. The molecular formula is C22H24BrN. The first-order valence-electron chi connectivity index (χ1n) is 8.39. The molecule has 3 rings (SSSR count). The summed E-state index contributed by atoms with van der Waals surface area (Å²) in [5.74, 6) is 0. The van der Waals surface area contributed by atoms with Crippen molar-refractivity contribution in [3.05, 3.63) is 57.6 Å². The molecule has 0 aromatic heterocycles. The Hall–Kier alpha value is -1.59. The average Bonchev–Trinajstić information content (AvgIpc) is 2.63. The van der Waals surface area contributed by atoms with E-state index in [0.29, 0.717) is 5.56 Å². The lowest BCUT2D eigenvalue weighted by molar-refractivity contribution is 0.125. The van der Waals surface area contributed by atoms with Gasteiger partial charge in [0.15, 0.2) is 0 Å². The molecule has 0 saturated heterocycles. The fourth-order valence-electron chi connectivity index (χ4n) is 4.01. The van der Waals surface area contributed by atoms with Gasteiger partial charge in [0.2, 0.25) is 0 Å². The summed E-state index contributed by atoms with van der Waals surface area (Å²) in [6.07, 6.45) is 0. The minimum atomic E-state index is 0.0911. The topological polar surface area (TPSA) is 23.8 Å². The van der Waals surface area contributed by atoms with E-state index >= 15 is 0 Å². The third-order valence-corrected chi connectivity index (χ3v) is 7.56. The van der Waals surface area contributed by atoms with E-state index in [1.807, 2.05) is 24.3 Å². The van der Waals surface area contributed by atoms with Crippen molar-refractivity contribution >= 4 is 15.9 Å². The van der Waals surface area contributed by atoms with Crippen LogP contribution in [0.3, 0.4) is 0 Å². The zero-order chi connectivity index (χ0) is 17.9. The molecule has 0 atom stereocenters. The number of nitrogens with zero attached hydrogens (tertiary/aromatic N) is 1. The SMILES string of the molecule is CC1(C)c2cc(Br)c(-c3ccc(C#N)cc3)cc2C(C)(C)C1(C)C. The van der Waals surface area contributed by atoms with Crippen LogP contribution in [0.25, 0.3) is 11.1 Å². The maximum absolute atomic E-state index is 9.01. The largest absolute Gasteiger partial charge is 0.192 e. The van der Waals surface area contributed by atoms with Crippen LogP contribution in [0.2, 0.25) is 0 Å². The van der Waals surface area contributed by atoms with Crippen molar-refractivity contribution in [2.45, 2.75) is 52.4 Å². The van der Waals surface area contributed by atoms with Crippen LogP contribution in [0.4, 0.5) is 0 Å². The average molecular weight is 382 g/mol. The molecule has 2 aromatic rings. The van der Waals surface area contributed by atoms with Gasteiger partial charge in [-0.1, -0.05) is 69.6 Å². The van der Waals surface area contributed by atoms with E-state index in [1.165, 1.54) is 16.7 Å². The standard InChI is InChI=1S/C22H24BrN/c1-20(2)17-11-16(15-9-7-14(13-24)8-10-15)19(23)12-18(17)21(3,4)22(20,5)6/h7-12H,1-6H3. The van der Waals surface area contributed by atoms with E-state index in [4.69, 9.17) is 5.26 Å². The smallest absolute Gasteiger partial charge is 0.0991 e. The van der Waals surface area contributed by atoms with Gasteiger partial charge in [0.25, 0.3) is 0 Å². The van der Waals surface area contributed by atoms with Crippen molar-refractivity contribution < 1.29 is 0 Å². The van der Waals surface area contributed by atoms with Crippen LogP contribution in [-0.2, 0) is 10.8 Å². The summed E-state index contributed by atoms with van der Waals surface area (Å²) in [7, 11) is 0. The third-order valence-electron chi connectivity index (χ3n) is 6.90. The first kappa shape index (κ1) is 17.2. The number of halogens is 1. The van der Waals surface area contributed by atoms with Gasteiger partial charge in [-0.2, -0.15) is 5.26 Å². The number of benzene rings is 2. The molecule has 0 spiro atoms. The lowest BCUT2D eigenvalue weighted by atomic mass is 9.59. The second kappa shape index (κ2) is 5.20. The van der Waals surface area contributed by atoms with Crippen molar-refractivity contribution in [2.24, 2.45) is 5.41 Å². The van der Waals surface area contributed by atoms with Gasteiger partial charge in [-0.3, -0.25) is 0 Å². The van der Waals surface area contributed by atoms with Crippen molar-refractivity contribution in [2.75, 3.05) is 0 Å². The van der Waals surface area contributed by atoms with Crippen LogP contribution in [0, 0.1) is 16.7 Å². The van der Waals surface area contributed by atoms with Crippen molar-refractivity contribution in [1.29, 1.82) is 5.26 Å². The molecule has 0 amide bonds. The molecule has 0 bridgehead atoms. The van der Waals surface area contributed by atoms with Gasteiger partial charge in [-0.25, -0.2) is 0 Å². The van der Waals surface area contributed by atoms with Crippen LogP contribution in [0.1, 0.15) is 58.2 Å². The van der Waals surface area contributed by atoms with Gasteiger partial charge in [-0.15, -0.1) is 0 Å². The predicted molar refractivity (Wildman–Crippen MR) is 104 cm³/mol. The summed E-state index contributed by atoms with van der Waals surface area (Å²) in [4.78, 5) is 0. The number of hydrogen-bond donors (Lipinski definition) is 0. The summed E-state index contributed by atoms with van der Waals surface area (Å²) in [5.41, 5.74) is 6.25. The minimum Gasteiger partial charge on any atom is -0.192 e. The van der Waals surface area contributed by atoms with Crippen LogP contribution in [-0.4, -0.2) is 0 Å². The molecule has 0 aliphatic heterocycles. The molecule has 1 aliphatic carbocycles. The van der Waals surface area contributed by atoms with E-state index in [1.54, 1.807) is 0 Å². The second-order valence-electron chi connectivity index (χ2n) is 8.44. The third kappa shape index (κ3) is 2.11. The van der Waals surface area contributed by atoms with Crippen LogP contribution in [0.15, 0.2) is 40.9 Å². The Bertz CT molecular complexity index is 849. The molecule has 1 nitrogen and oxygen atoms in total. The Kier molecular flexibility index (Phi) is 3.74. The molecule has 0 heterocycles. The van der Waals surface area contributed by atoms with Gasteiger partial charge in [0.05, 0.1) is 11.6 Å². The summed E-state index contributed by atoms with van der Waals surface area (Å²) in [6, 6.07) is 14.7. The highest BCUT2D eigenvalue weighted by atomic mass is 79.9. The van der Waals surface area contributed by atoms with Crippen molar-refractivity contribution in [1.82, 2.24) is 0 Å². The monoisotopic (exact) mass is 381 g/mol. The van der Waals surface area contributed by atoms with Crippen LogP contribution in [0.5, 0.6) is 0 Å². The number of fused-ring (bicyclic) bond motifs is 1. The number of hydrogen-bond acceptors (Lipinski definition) is 1. The first-order valence-corrected chi connectivity index (χ1v) is 9.18. The zero-order valence-electron chi connectivity index (χ0n) is 15.3. The summed E-state index contributed by atoms with van der Waals surface area (Å²) in [6.45, 7) is 14.2. The molecule has 24 heavy (non-hydrogen) atoms. The maximum Gasteiger partial charge on any atom is 0.0991 e. The second-order valence-corrected chi connectivity index (χ2v) is 9.30. The number of rotatable bonds is 1. The minimum absolute atomic E-state index is 0.0911. The lowest BCUT2D eigenvalue weighted by Gasteiger charge is -2.44. The normalized spacial score (nSPS) is 19.6. The first-order chi connectivity index (χ1) is 11.0. The summed E-state index contributed by atoms with van der Waals surface area (Å²) >= 11 is 3.78. The zero-order valence-corrected chi connectivity index (χ0v) is 16.9. The van der Waals surface area contributed by atoms with Crippen molar-refractivity contribution in [3.63, 3.8) is 0 Å². The molecule has 2 heteroatoms. The Labute approximate surface area is 153 Å². The Balaban J connectivity index is 2.24. The van der Waals surface area contributed by atoms with E-state index in [9.17, 15) is 0 Å². The van der Waals surface area contributed by atoms with Gasteiger partial charge in [0, 0.05) is 4.47 Å². The van der Waals surface area contributed by atoms with Gasteiger partial charge in [-0.05, 0) is 62.8 Å². The highest BCUT2D eigenvalue weighted by Gasteiger charge is 2.56. The lowest BCUT2D eigenvalue weighted by Crippen LogP contribution is -2.42. The quantitative estimate of drug-likeness (QED) is 0.546. The molecule has 0 unspecified atom stereocenters. The fraction of sp³-hybridized carbons (Fsp3) is 0.409. The Morgan fingerprint density at radius 2 is 1.33 bits per heavy atom. The van der Waals surface area contributed by atoms with Gasteiger partial charge >= 0.3 is 0 Å². The van der Waals surface area contributed by atoms with Crippen molar-refractivity contribution in [3.8, 4) is 17.2 Å². The van der Waals surface area contributed by atoms with E-state index in [-0.39, 0.29) is 16.2 Å². The molecular weight excluding hydrogens is 358 g/mol. The van der Waals surface area contributed by atoms with Crippen LogP contribution >= 0.6 is 15.9 Å². The highest BCUT2D eigenvalue weighted by Crippen LogP contribution is 2.62. The predicted octanol–water partition coefficient (Wildman–Crippen LogP) is 6.58. The highest BCUT2D eigenvalue weighted by molar-refractivity contribution is 9.10. The van der Waals surface area contributed by atoms with Crippen LogP contribution < -0.4 is 0 Å². The fourth-order valence-corrected chi connectivity index (χ4v) is 4.58. The summed E-state index contributed by atoms with van der Waals surface area (Å²) in [5, 5.41) is 9.01. The maximum atomic E-state index is 9.01. The molecule has 0 N–H and O–H groups in total. The van der Waals surface area contributed by atoms with E-state index in [2.05, 4.69) is 75.7 Å². The Morgan fingerprint density at radius 1 is 0.833 bits per heavy atom. The molecule has 2 aromatic carbocycles. The number of nitriles is 1. The van der Waals surface area contributed by atoms with Gasteiger partial charge < -0.3 is 0 Å². The van der Waals surface area contributed by atoms with E-state index < -0.39 is 0 Å². The Morgan fingerprint density at radius 3 is 1.83 bits per heavy atom. The molecule has 124 valence electrons. The van der Waals surface area contributed by atoms with Gasteiger partial charge in [0.1, 0.15) is 0 Å². The van der Waals surface area contributed by atoms with E-state index in [0.717, 1.165) is 10.0 Å².